The van der Waals surface area contributed by atoms with E-state index in [2.05, 4.69) is 10.3 Å². The predicted molar refractivity (Wildman–Crippen MR) is 91.4 cm³/mol. The van der Waals surface area contributed by atoms with Crippen molar-refractivity contribution in [1.82, 2.24) is 4.98 Å². The maximum absolute atomic E-state index is 12.9. The van der Waals surface area contributed by atoms with Crippen LogP contribution in [0.5, 0.6) is 0 Å². The van der Waals surface area contributed by atoms with Gasteiger partial charge in [-0.2, -0.15) is 0 Å². The molecule has 0 saturated carbocycles. The highest BCUT2D eigenvalue weighted by atomic mass is 32.2. The van der Waals surface area contributed by atoms with Crippen LogP contribution in [0.15, 0.2) is 41.4 Å². The highest BCUT2D eigenvalue weighted by Gasteiger charge is 2.36. The fourth-order valence-corrected chi connectivity index (χ4v) is 3.73. The van der Waals surface area contributed by atoms with E-state index in [1.54, 1.807) is 6.07 Å². The molecule has 0 aliphatic carbocycles. The van der Waals surface area contributed by atoms with Crippen molar-refractivity contribution >= 4 is 21.4 Å². The summed E-state index contributed by atoms with van der Waals surface area (Å²) in [6.45, 7) is 4.74. The zero-order chi connectivity index (χ0) is 18.8. The Bertz CT molecular complexity index is 893. The van der Waals surface area contributed by atoms with Crippen LogP contribution in [0.25, 0.3) is 0 Å². The Hall–Kier alpha value is -2.32. The molecule has 0 aliphatic rings. The number of hydrogen-bond donors (Lipinski definition) is 2. The topological polar surface area (TPSA) is 96.4 Å². The molecule has 0 spiro atoms. The largest absolute Gasteiger partial charge is 0.379 e. The number of nitrogens with one attached hydrogen (secondary N) is 1. The van der Waals surface area contributed by atoms with E-state index in [0.717, 1.165) is 42.4 Å². The minimum atomic E-state index is -3.98. The molecule has 1 aromatic carbocycles. The van der Waals surface area contributed by atoms with E-state index in [1.807, 2.05) is 13.8 Å². The molecule has 0 unspecified atom stereocenters. The number of sulfone groups is 1. The molecule has 2 rings (SSSR count). The molecule has 1 amide bonds. The van der Waals surface area contributed by atoms with Crippen molar-refractivity contribution in [1.29, 1.82) is 0 Å². The number of hydrogen-bond acceptors (Lipinski definition) is 5. The van der Waals surface area contributed by atoms with E-state index in [4.69, 9.17) is 0 Å². The SMILES string of the molecule is Cc1cc(NC(=O)[C@@](C)(O)CS(=O)(=O)c2ccc(F)cc2)cnc1C. The number of nitrogens with zero attached hydrogens (tertiary/aromatic N) is 1. The van der Waals surface area contributed by atoms with Gasteiger partial charge in [0.05, 0.1) is 22.5 Å². The Labute approximate surface area is 145 Å². The smallest absolute Gasteiger partial charge is 0.257 e. The van der Waals surface area contributed by atoms with Crippen molar-refractivity contribution in [3.05, 3.63) is 53.6 Å². The van der Waals surface area contributed by atoms with Crippen molar-refractivity contribution in [3.8, 4) is 0 Å². The van der Waals surface area contributed by atoms with Crippen LogP contribution in [0.4, 0.5) is 10.1 Å². The number of anilines is 1. The Morgan fingerprint density at radius 2 is 1.88 bits per heavy atom. The number of pyridine rings is 1. The van der Waals surface area contributed by atoms with Gasteiger partial charge in [-0.15, -0.1) is 0 Å². The van der Waals surface area contributed by atoms with E-state index < -0.39 is 32.9 Å². The molecule has 0 saturated heterocycles. The third kappa shape index (κ3) is 4.61. The van der Waals surface area contributed by atoms with Gasteiger partial charge in [-0.1, -0.05) is 0 Å². The highest BCUT2D eigenvalue weighted by molar-refractivity contribution is 7.91. The van der Waals surface area contributed by atoms with Gasteiger partial charge in [-0.05, 0) is 56.7 Å². The second kappa shape index (κ2) is 6.89. The number of aliphatic hydroxyl groups is 1. The van der Waals surface area contributed by atoms with Gasteiger partial charge < -0.3 is 10.4 Å². The quantitative estimate of drug-likeness (QED) is 0.789. The second-order valence-electron chi connectivity index (χ2n) is 6.07. The molecule has 25 heavy (non-hydrogen) atoms. The van der Waals surface area contributed by atoms with E-state index in [1.165, 1.54) is 6.20 Å². The molecule has 2 aromatic rings. The van der Waals surface area contributed by atoms with Crippen LogP contribution in [-0.4, -0.2) is 35.8 Å². The lowest BCUT2D eigenvalue weighted by molar-refractivity contribution is -0.130. The molecule has 134 valence electrons. The highest BCUT2D eigenvalue weighted by Crippen LogP contribution is 2.19. The third-order valence-electron chi connectivity index (χ3n) is 3.73. The lowest BCUT2D eigenvalue weighted by Crippen LogP contribution is -2.45. The summed E-state index contributed by atoms with van der Waals surface area (Å²) in [7, 11) is -3.98. The molecular weight excluding hydrogens is 347 g/mol. The van der Waals surface area contributed by atoms with Crippen molar-refractivity contribution in [2.75, 3.05) is 11.1 Å². The zero-order valence-corrected chi connectivity index (χ0v) is 14.9. The van der Waals surface area contributed by atoms with Gasteiger partial charge in [-0.25, -0.2) is 12.8 Å². The molecule has 1 atom stereocenters. The first-order valence-electron chi connectivity index (χ1n) is 7.47. The van der Waals surface area contributed by atoms with Crippen LogP contribution in [-0.2, 0) is 14.6 Å². The number of aromatic nitrogens is 1. The summed E-state index contributed by atoms with van der Waals surface area (Å²) < 4.78 is 37.6. The molecule has 0 radical (unpaired) electrons. The first-order valence-corrected chi connectivity index (χ1v) is 9.12. The molecular formula is C17H19FN2O4S. The third-order valence-corrected chi connectivity index (χ3v) is 5.66. The minimum absolute atomic E-state index is 0.171. The van der Waals surface area contributed by atoms with Gasteiger partial charge in [0.2, 0.25) is 0 Å². The Balaban J connectivity index is 2.17. The van der Waals surface area contributed by atoms with Crippen LogP contribution < -0.4 is 5.32 Å². The average Bonchev–Trinajstić information content (AvgIpc) is 2.50. The monoisotopic (exact) mass is 366 g/mol. The lowest BCUT2D eigenvalue weighted by Gasteiger charge is -2.22. The molecule has 0 bridgehead atoms. The van der Waals surface area contributed by atoms with Crippen molar-refractivity contribution < 1.29 is 22.7 Å². The van der Waals surface area contributed by atoms with Gasteiger partial charge in [0.25, 0.3) is 5.91 Å². The summed E-state index contributed by atoms with van der Waals surface area (Å²) in [5.41, 5.74) is -0.181. The summed E-state index contributed by atoms with van der Waals surface area (Å²) in [5.74, 6) is -2.29. The Morgan fingerprint density at radius 3 is 2.44 bits per heavy atom. The van der Waals surface area contributed by atoms with Crippen molar-refractivity contribution in [2.45, 2.75) is 31.3 Å². The number of rotatable bonds is 5. The summed E-state index contributed by atoms with van der Waals surface area (Å²) in [6.07, 6.45) is 1.42. The van der Waals surface area contributed by atoms with Gasteiger partial charge in [-0.3, -0.25) is 9.78 Å². The normalized spacial score (nSPS) is 14.0. The Kier molecular flexibility index (Phi) is 5.24. The van der Waals surface area contributed by atoms with Gasteiger partial charge in [0.1, 0.15) is 5.82 Å². The predicted octanol–water partition coefficient (Wildman–Crippen LogP) is 2.00. The van der Waals surface area contributed by atoms with Crippen LogP contribution in [0.3, 0.4) is 0 Å². The van der Waals surface area contributed by atoms with E-state index in [0.29, 0.717) is 5.69 Å². The molecule has 0 aliphatic heterocycles. The number of benzene rings is 1. The van der Waals surface area contributed by atoms with Crippen LogP contribution in [0, 0.1) is 19.7 Å². The number of carbonyl (C=O) groups excluding carboxylic acids is 1. The average molecular weight is 366 g/mol. The van der Waals surface area contributed by atoms with Gasteiger partial charge in [0.15, 0.2) is 15.4 Å². The standard InChI is InChI=1S/C17H19FN2O4S/c1-11-8-14(9-19-12(11)2)20-16(21)17(3,22)10-25(23,24)15-6-4-13(18)5-7-15/h4-9,22H,10H2,1-3H3,(H,20,21)/t17-/m0/s1. The van der Waals surface area contributed by atoms with Crippen LogP contribution in [0.2, 0.25) is 0 Å². The number of aryl methyl sites for hydroxylation is 2. The van der Waals surface area contributed by atoms with Gasteiger partial charge >= 0.3 is 0 Å². The van der Waals surface area contributed by atoms with Gasteiger partial charge in [0, 0.05) is 5.69 Å². The minimum Gasteiger partial charge on any atom is -0.379 e. The van der Waals surface area contributed by atoms with Crippen molar-refractivity contribution in [3.63, 3.8) is 0 Å². The molecule has 0 fully saturated rings. The molecule has 6 nitrogen and oxygen atoms in total. The van der Waals surface area contributed by atoms with E-state index in [-0.39, 0.29) is 4.90 Å². The number of amides is 1. The molecule has 8 heteroatoms. The lowest BCUT2D eigenvalue weighted by atomic mass is 10.1. The molecule has 1 heterocycles. The summed E-state index contributed by atoms with van der Waals surface area (Å²) in [5, 5.41) is 12.8. The second-order valence-corrected chi connectivity index (χ2v) is 8.06. The summed E-state index contributed by atoms with van der Waals surface area (Å²) in [6, 6.07) is 5.85. The Morgan fingerprint density at radius 1 is 1.28 bits per heavy atom. The number of carbonyl (C=O) groups is 1. The maximum Gasteiger partial charge on any atom is 0.257 e. The fourth-order valence-electron chi connectivity index (χ4n) is 2.14. The van der Waals surface area contributed by atoms with E-state index in [9.17, 15) is 22.7 Å². The molecule has 2 N–H and O–H groups in total. The fraction of sp³-hybridized carbons (Fsp3) is 0.294. The first kappa shape index (κ1) is 19.0. The molecule has 1 aromatic heterocycles. The van der Waals surface area contributed by atoms with Crippen LogP contribution in [0.1, 0.15) is 18.2 Å². The summed E-state index contributed by atoms with van der Waals surface area (Å²) in [4.78, 5) is 16.2. The summed E-state index contributed by atoms with van der Waals surface area (Å²) >= 11 is 0. The first-order chi connectivity index (χ1) is 11.5. The number of halogens is 1. The maximum atomic E-state index is 12.9. The van der Waals surface area contributed by atoms with E-state index >= 15 is 0 Å². The van der Waals surface area contributed by atoms with Crippen molar-refractivity contribution in [2.24, 2.45) is 0 Å². The van der Waals surface area contributed by atoms with Crippen LogP contribution >= 0.6 is 0 Å². The zero-order valence-electron chi connectivity index (χ0n) is 14.1.